The van der Waals surface area contributed by atoms with E-state index in [0.717, 1.165) is 22.3 Å². The van der Waals surface area contributed by atoms with Crippen LogP contribution in [0.1, 0.15) is 22.5 Å². The molecule has 0 aliphatic rings. The average molecular weight is 361 g/mol. The first-order chi connectivity index (χ1) is 13.1. The van der Waals surface area contributed by atoms with Crippen LogP contribution in [0.5, 0.6) is 5.75 Å². The van der Waals surface area contributed by atoms with Crippen molar-refractivity contribution in [1.82, 2.24) is 14.8 Å². The predicted octanol–water partition coefficient (Wildman–Crippen LogP) is 3.63. The molecular formula is C21H19N3O3. The molecule has 0 saturated heterocycles. The van der Waals surface area contributed by atoms with E-state index in [-0.39, 0.29) is 12.2 Å². The Labute approximate surface area is 156 Å². The summed E-state index contributed by atoms with van der Waals surface area (Å²) in [7, 11) is 0. The second-order valence-corrected chi connectivity index (χ2v) is 6.41. The van der Waals surface area contributed by atoms with Crippen LogP contribution in [-0.4, -0.2) is 14.8 Å². The van der Waals surface area contributed by atoms with E-state index < -0.39 is 0 Å². The molecule has 0 radical (unpaired) electrons. The van der Waals surface area contributed by atoms with Crippen LogP contribution in [0.25, 0.3) is 11.0 Å². The molecule has 136 valence electrons. The van der Waals surface area contributed by atoms with Crippen molar-refractivity contribution in [1.29, 1.82) is 0 Å². The molecule has 4 aromatic rings. The zero-order valence-corrected chi connectivity index (χ0v) is 15.2. The van der Waals surface area contributed by atoms with E-state index in [1.165, 1.54) is 6.33 Å². The molecule has 0 amide bonds. The number of hydrogen-bond acceptors (Lipinski definition) is 5. The smallest absolute Gasteiger partial charge is 0.339 e. The Kier molecular flexibility index (Phi) is 4.46. The summed E-state index contributed by atoms with van der Waals surface area (Å²) in [5.41, 5.74) is 2.90. The Bertz CT molecular complexity index is 1150. The molecule has 2 aromatic heterocycles. The Hall–Kier alpha value is -3.41. The highest BCUT2D eigenvalue weighted by molar-refractivity contribution is 5.82. The molecule has 0 unspecified atom stereocenters. The summed E-state index contributed by atoms with van der Waals surface area (Å²) >= 11 is 0. The summed E-state index contributed by atoms with van der Waals surface area (Å²) in [4.78, 5) is 16.2. The summed E-state index contributed by atoms with van der Waals surface area (Å²) in [6.07, 6.45) is 1.52. The third-order valence-corrected chi connectivity index (χ3v) is 4.67. The van der Waals surface area contributed by atoms with Gasteiger partial charge < -0.3 is 9.15 Å². The lowest BCUT2D eigenvalue weighted by Gasteiger charge is -2.10. The van der Waals surface area contributed by atoms with Crippen molar-refractivity contribution < 1.29 is 9.15 Å². The first kappa shape index (κ1) is 17.0. The molecule has 27 heavy (non-hydrogen) atoms. The third kappa shape index (κ3) is 3.46. The van der Waals surface area contributed by atoms with E-state index in [9.17, 15) is 4.79 Å². The maximum absolute atomic E-state index is 11.9. The van der Waals surface area contributed by atoms with Gasteiger partial charge in [-0.05, 0) is 37.1 Å². The zero-order valence-electron chi connectivity index (χ0n) is 15.2. The van der Waals surface area contributed by atoms with Crippen molar-refractivity contribution in [2.24, 2.45) is 0 Å². The summed E-state index contributed by atoms with van der Waals surface area (Å²) in [5.74, 6) is 1.34. The number of nitrogens with zero attached hydrogens (tertiary/aromatic N) is 3. The van der Waals surface area contributed by atoms with Crippen LogP contribution in [0, 0.1) is 13.8 Å². The van der Waals surface area contributed by atoms with Gasteiger partial charge in [0.2, 0.25) is 0 Å². The Morgan fingerprint density at radius 3 is 2.70 bits per heavy atom. The monoisotopic (exact) mass is 361 g/mol. The van der Waals surface area contributed by atoms with Crippen molar-refractivity contribution in [2.45, 2.75) is 27.0 Å². The SMILES string of the molecule is Cc1c(C)c2ccc(OCc3ncnn3Cc3ccccc3)cc2oc1=O. The van der Waals surface area contributed by atoms with E-state index in [0.29, 0.717) is 23.4 Å². The molecule has 4 rings (SSSR count). The van der Waals surface area contributed by atoms with E-state index >= 15 is 0 Å². The van der Waals surface area contributed by atoms with Gasteiger partial charge in [0.25, 0.3) is 0 Å². The van der Waals surface area contributed by atoms with Crippen LogP contribution in [0.2, 0.25) is 0 Å². The third-order valence-electron chi connectivity index (χ3n) is 4.67. The molecule has 6 heteroatoms. The van der Waals surface area contributed by atoms with Crippen LogP contribution in [-0.2, 0) is 13.2 Å². The van der Waals surface area contributed by atoms with Gasteiger partial charge in [-0.3, -0.25) is 0 Å². The first-order valence-corrected chi connectivity index (χ1v) is 8.69. The quantitative estimate of drug-likeness (QED) is 0.508. The van der Waals surface area contributed by atoms with E-state index in [1.54, 1.807) is 13.0 Å². The van der Waals surface area contributed by atoms with Gasteiger partial charge in [-0.2, -0.15) is 5.10 Å². The van der Waals surface area contributed by atoms with E-state index in [1.807, 2.05) is 54.1 Å². The molecule has 0 aliphatic carbocycles. The minimum atomic E-state index is -0.320. The second kappa shape index (κ2) is 7.07. The minimum Gasteiger partial charge on any atom is -0.485 e. The standard InChI is InChI=1S/C21H19N3O3/c1-14-15(2)21(25)27-19-10-17(8-9-18(14)19)26-12-20-22-13-23-24(20)11-16-6-4-3-5-7-16/h3-10,13H,11-12H2,1-2H3. The van der Waals surface area contributed by atoms with Gasteiger partial charge in [0.15, 0.2) is 5.82 Å². The number of aryl methyl sites for hydroxylation is 1. The molecular weight excluding hydrogens is 342 g/mol. The van der Waals surface area contributed by atoms with Gasteiger partial charge in [0.1, 0.15) is 24.3 Å². The number of benzene rings is 2. The number of ether oxygens (including phenoxy) is 1. The van der Waals surface area contributed by atoms with Crippen molar-refractivity contribution in [3.8, 4) is 5.75 Å². The van der Waals surface area contributed by atoms with Crippen molar-refractivity contribution in [3.63, 3.8) is 0 Å². The number of rotatable bonds is 5. The summed E-state index contributed by atoms with van der Waals surface area (Å²) in [6, 6.07) is 15.6. The molecule has 0 atom stereocenters. The fourth-order valence-electron chi connectivity index (χ4n) is 2.95. The van der Waals surface area contributed by atoms with Gasteiger partial charge in [-0.25, -0.2) is 14.5 Å². The Morgan fingerprint density at radius 2 is 1.89 bits per heavy atom. The highest BCUT2D eigenvalue weighted by atomic mass is 16.5. The van der Waals surface area contributed by atoms with E-state index in [2.05, 4.69) is 10.1 Å². The lowest BCUT2D eigenvalue weighted by molar-refractivity contribution is 0.288. The van der Waals surface area contributed by atoms with E-state index in [4.69, 9.17) is 9.15 Å². The van der Waals surface area contributed by atoms with Crippen LogP contribution >= 0.6 is 0 Å². The Balaban J connectivity index is 1.54. The zero-order chi connectivity index (χ0) is 18.8. The lowest BCUT2D eigenvalue weighted by atomic mass is 10.1. The van der Waals surface area contributed by atoms with Crippen LogP contribution in [0.15, 0.2) is 64.1 Å². The molecule has 2 heterocycles. The summed E-state index contributed by atoms with van der Waals surface area (Å²) in [6.45, 7) is 4.59. The van der Waals surface area contributed by atoms with Crippen molar-refractivity contribution >= 4 is 11.0 Å². The maximum atomic E-state index is 11.9. The molecule has 0 fully saturated rings. The second-order valence-electron chi connectivity index (χ2n) is 6.41. The number of aromatic nitrogens is 3. The van der Waals surface area contributed by atoms with Gasteiger partial charge in [0, 0.05) is 17.0 Å². The molecule has 0 saturated carbocycles. The first-order valence-electron chi connectivity index (χ1n) is 8.69. The normalized spacial score (nSPS) is 11.0. The van der Waals surface area contributed by atoms with Crippen LogP contribution in [0.3, 0.4) is 0 Å². The number of fused-ring (bicyclic) bond motifs is 1. The molecule has 6 nitrogen and oxygen atoms in total. The Morgan fingerprint density at radius 1 is 1.07 bits per heavy atom. The highest BCUT2D eigenvalue weighted by Gasteiger charge is 2.10. The minimum absolute atomic E-state index is 0.271. The molecule has 0 aliphatic heterocycles. The van der Waals surface area contributed by atoms with Gasteiger partial charge >= 0.3 is 5.63 Å². The fourth-order valence-corrected chi connectivity index (χ4v) is 2.95. The predicted molar refractivity (Wildman–Crippen MR) is 102 cm³/mol. The van der Waals surface area contributed by atoms with Crippen molar-refractivity contribution in [2.75, 3.05) is 0 Å². The highest BCUT2D eigenvalue weighted by Crippen LogP contribution is 2.24. The van der Waals surface area contributed by atoms with Gasteiger partial charge in [0.05, 0.1) is 6.54 Å². The molecule has 0 bridgehead atoms. The molecule has 0 N–H and O–H groups in total. The molecule has 2 aromatic carbocycles. The lowest BCUT2D eigenvalue weighted by Crippen LogP contribution is -2.10. The van der Waals surface area contributed by atoms with Gasteiger partial charge in [-0.1, -0.05) is 30.3 Å². The number of hydrogen-bond donors (Lipinski definition) is 0. The van der Waals surface area contributed by atoms with Crippen LogP contribution < -0.4 is 10.4 Å². The summed E-state index contributed by atoms with van der Waals surface area (Å²) in [5, 5.41) is 5.18. The topological polar surface area (TPSA) is 70.2 Å². The van der Waals surface area contributed by atoms with Gasteiger partial charge in [-0.15, -0.1) is 0 Å². The maximum Gasteiger partial charge on any atom is 0.339 e. The average Bonchev–Trinajstić information content (AvgIpc) is 3.12. The van der Waals surface area contributed by atoms with Crippen LogP contribution in [0.4, 0.5) is 0 Å². The molecule has 0 spiro atoms. The summed E-state index contributed by atoms with van der Waals surface area (Å²) < 4.78 is 13.1. The van der Waals surface area contributed by atoms with Crippen molar-refractivity contribution in [3.05, 3.63) is 87.8 Å². The fraction of sp³-hybridized carbons (Fsp3) is 0.190. The largest absolute Gasteiger partial charge is 0.485 e.